The number of halogens is 2. The predicted octanol–water partition coefficient (Wildman–Crippen LogP) is 5.07. The zero-order chi connectivity index (χ0) is 25.4. The van der Waals surface area contributed by atoms with Gasteiger partial charge in [-0.05, 0) is 42.7 Å². The molecule has 3 aromatic rings. The monoisotopic (exact) mass is 513 g/mol. The van der Waals surface area contributed by atoms with E-state index in [4.69, 9.17) is 32.7 Å². The third-order valence-electron chi connectivity index (χ3n) is 5.53. The number of carbonyl (C=O) groups excluding carboxylic acids is 2. The van der Waals surface area contributed by atoms with Crippen LogP contribution in [0.2, 0.25) is 10.0 Å². The second-order valence-electron chi connectivity index (χ2n) is 7.72. The zero-order valence-electron chi connectivity index (χ0n) is 19.5. The minimum Gasteiger partial charge on any atom is -0.467 e. The minimum atomic E-state index is -0.914. The molecular formula is C26H25Cl2N3O4. The SMILES string of the molecule is COC(=O)C(C/C=C/c1ccc(C(C)(OC)c2ncccn2)cc1)NC(=O)c1c(Cl)cccc1Cl. The molecule has 0 aliphatic carbocycles. The molecule has 0 fully saturated rings. The summed E-state index contributed by atoms with van der Waals surface area (Å²) in [5.74, 6) is -0.586. The summed E-state index contributed by atoms with van der Waals surface area (Å²) < 4.78 is 10.6. The number of hydrogen-bond acceptors (Lipinski definition) is 6. The van der Waals surface area contributed by atoms with Gasteiger partial charge in [0, 0.05) is 19.5 Å². The fourth-order valence-electron chi connectivity index (χ4n) is 3.44. The van der Waals surface area contributed by atoms with Crippen LogP contribution in [-0.4, -0.2) is 42.1 Å². The third-order valence-corrected chi connectivity index (χ3v) is 6.16. The molecule has 0 aliphatic heterocycles. The summed E-state index contributed by atoms with van der Waals surface area (Å²) in [5.41, 5.74) is 1.09. The van der Waals surface area contributed by atoms with Gasteiger partial charge in [-0.2, -0.15) is 0 Å². The van der Waals surface area contributed by atoms with Gasteiger partial charge in [0.2, 0.25) is 0 Å². The molecule has 2 aromatic carbocycles. The lowest BCUT2D eigenvalue weighted by molar-refractivity contribution is -0.142. The van der Waals surface area contributed by atoms with Crippen molar-refractivity contribution in [2.24, 2.45) is 0 Å². The lowest BCUT2D eigenvalue weighted by Gasteiger charge is -2.27. The molecule has 0 saturated carbocycles. The summed E-state index contributed by atoms with van der Waals surface area (Å²) in [6.07, 6.45) is 7.17. The van der Waals surface area contributed by atoms with E-state index >= 15 is 0 Å². The van der Waals surface area contributed by atoms with Crippen molar-refractivity contribution in [3.63, 3.8) is 0 Å². The maximum atomic E-state index is 12.7. The van der Waals surface area contributed by atoms with Gasteiger partial charge >= 0.3 is 5.97 Å². The topological polar surface area (TPSA) is 90.4 Å². The summed E-state index contributed by atoms with van der Waals surface area (Å²) in [6.45, 7) is 1.90. The Morgan fingerprint density at radius 2 is 1.66 bits per heavy atom. The lowest BCUT2D eigenvalue weighted by Crippen LogP contribution is -2.41. The van der Waals surface area contributed by atoms with Crippen LogP contribution in [0.15, 0.2) is 67.0 Å². The molecule has 7 nitrogen and oxygen atoms in total. The predicted molar refractivity (Wildman–Crippen MR) is 135 cm³/mol. The Labute approximate surface area is 214 Å². The molecule has 0 aliphatic rings. The van der Waals surface area contributed by atoms with E-state index < -0.39 is 23.5 Å². The largest absolute Gasteiger partial charge is 0.467 e. The van der Waals surface area contributed by atoms with E-state index in [1.54, 1.807) is 49.8 Å². The number of nitrogens with one attached hydrogen (secondary N) is 1. The van der Waals surface area contributed by atoms with Crippen molar-refractivity contribution in [3.8, 4) is 0 Å². The Hall–Kier alpha value is -3.26. The average molecular weight is 514 g/mol. The van der Waals surface area contributed by atoms with Crippen molar-refractivity contribution in [2.75, 3.05) is 14.2 Å². The fourth-order valence-corrected chi connectivity index (χ4v) is 4.01. The van der Waals surface area contributed by atoms with Gasteiger partial charge in [0.25, 0.3) is 5.91 Å². The van der Waals surface area contributed by atoms with Crippen LogP contribution in [0.5, 0.6) is 0 Å². The second-order valence-corrected chi connectivity index (χ2v) is 8.53. The van der Waals surface area contributed by atoms with Crippen LogP contribution in [0.4, 0.5) is 0 Å². The summed E-state index contributed by atoms with van der Waals surface area (Å²) in [6, 6.07) is 13.3. The van der Waals surface area contributed by atoms with Crippen LogP contribution in [0, 0.1) is 0 Å². The van der Waals surface area contributed by atoms with E-state index in [2.05, 4.69) is 15.3 Å². The van der Waals surface area contributed by atoms with Crippen molar-refractivity contribution in [1.29, 1.82) is 0 Å². The number of ether oxygens (including phenoxy) is 2. The highest BCUT2D eigenvalue weighted by Crippen LogP contribution is 2.30. The Morgan fingerprint density at radius 3 is 2.23 bits per heavy atom. The van der Waals surface area contributed by atoms with Crippen molar-refractivity contribution in [2.45, 2.75) is 25.0 Å². The van der Waals surface area contributed by atoms with E-state index in [0.717, 1.165) is 11.1 Å². The van der Waals surface area contributed by atoms with Gasteiger partial charge in [-0.15, -0.1) is 0 Å². The molecule has 1 heterocycles. The van der Waals surface area contributed by atoms with Crippen LogP contribution in [0.3, 0.4) is 0 Å². The van der Waals surface area contributed by atoms with Crippen LogP contribution >= 0.6 is 23.2 Å². The highest BCUT2D eigenvalue weighted by Gasteiger charge is 2.31. The molecule has 2 atom stereocenters. The highest BCUT2D eigenvalue weighted by molar-refractivity contribution is 6.39. The van der Waals surface area contributed by atoms with E-state index in [9.17, 15) is 9.59 Å². The molecule has 3 rings (SSSR count). The molecule has 2 unspecified atom stereocenters. The number of benzene rings is 2. The number of hydrogen-bond donors (Lipinski definition) is 1. The second kappa shape index (κ2) is 11.9. The minimum absolute atomic E-state index is 0.105. The fraction of sp³-hybridized carbons (Fsp3) is 0.231. The molecule has 35 heavy (non-hydrogen) atoms. The molecule has 1 aromatic heterocycles. The molecule has 0 saturated heterocycles. The number of rotatable bonds is 9. The highest BCUT2D eigenvalue weighted by atomic mass is 35.5. The molecule has 0 radical (unpaired) electrons. The van der Waals surface area contributed by atoms with Gasteiger partial charge in [-0.25, -0.2) is 14.8 Å². The molecular weight excluding hydrogens is 489 g/mol. The van der Waals surface area contributed by atoms with Crippen molar-refractivity contribution >= 4 is 41.2 Å². The quantitative estimate of drug-likeness (QED) is 0.401. The Morgan fingerprint density at radius 1 is 1.03 bits per heavy atom. The summed E-state index contributed by atoms with van der Waals surface area (Å²) in [5, 5.41) is 3.03. The van der Waals surface area contributed by atoms with Crippen LogP contribution in [-0.2, 0) is 19.9 Å². The van der Waals surface area contributed by atoms with Gasteiger partial charge in [0.05, 0.1) is 22.7 Å². The maximum absolute atomic E-state index is 12.7. The number of aromatic nitrogens is 2. The number of methoxy groups -OCH3 is 2. The van der Waals surface area contributed by atoms with Gasteiger partial charge < -0.3 is 14.8 Å². The molecule has 1 amide bonds. The molecule has 1 N–H and O–H groups in total. The standard InChI is InChI=1S/C26H25Cl2N3O4/c1-26(35-3,25-29-15-6-16-30-25)18-13-11-17(12-14-18)7-4-10-21(24(33)34-2)31-23(32)22-19(27)8-5-9-20(22)28/h4-9,11-16,21H,10H2,1-3H3,(H,31,32)/b7-4+. The molecule has 0 spiro atoms. The Balaban J connectivity index is 1.72. The molecule has 9 heteroatoms. The first-order chi connectivity index (χ1) is 16.8. The molecule has 182 valence electrons. The summed E-state index contributed by atoms with van der Waals surface area (Å²) in [4.78, 5) is 33.6. The van der Waals surface area contributed by atoms with Gasteiger partial charge in [0.1, 0.15) is 11.6 Å². The Kier molecular flexibility index (Phi) is 8.98. The molecule has 0 bridgehead atoms. The first-order valence-corrected chi connectivity index (χ1v) is 11.5. The first kappa shape index (κ1) is 26.3. The normalized spacial score (nSPS) is 13.7. The van der Waals surface area contributed by atoms with E-state index in [0.29, 0.717) is 5.82 Å². The summed E-state index contributed by atoms with van der Waals surface area (Å²) in [7, 11) is 2.87. The average Bonchev–Trinajstić information content (AvgIpc) is 2.88. The third kappa shape index (κ3) is 6.25. The summed E-state index contributed by atoms with van der Waals surface area (Å²) >= 11 is 12.2. The van der Waals surface area contributed by atoms with E-state index in [-0.39, 0.29) is 22.0 Å². The number of carbonyl (C=O) groups is 2. The van der Waals surface area contributed by atoms with Gasteiger partial charge in [-0.3, -0.25) is 4.79 Å². The van der Waals surface area contributed by atoms with Crippen LogP contribution in [0.25, 0.3) is 6.08 Å². The number of esters is 1. The van der Waals surface area contributed by atoms with Gasteiger partial charge in [0.15, 0.2) is 5.82 Å². The Bertz CT molecular complexity index is 1180. The van der Waals surface area contributed by atoms with Crippen LogP contribution < -0.4 is 5.32 Å². The van der Waals surface area contributed by atoms with E-state index in [1.807, 2.05) is 37.3 Å². The first-order valence-electron chi connectivity index (χ1n) is 10.7. The van der Waals surface area contributed by atoms with E-state index in [1.165, 1.54) is 7.11 Å². The lowest BCUT2D eigenvalue weighted by atomic mass is 9.93. The van der Waals surface area contributed by atoms with Gasteiger partial charge in [-0.1, -0.05) is 65.7 Å². The van der Waals surface area contributed by atoms with Crippen LogP contribution in [0.1, 0.15) is 40.7 Å². The van der Waals surface area contributed by atoms with Crippen molar-refractivity contribution in [3.05, 3.63) is 99.6 Å². The smallest absolute Gasteiger partial charge is 0.328 e. The number of nitrogens with zero attached hydrogens (tertiary/aromatic N) is 2. The van der Waals surface area contributed by atoms with Crippen molar-refractivity contribution < 1.29 is 19.1 Å². The maximum Gasteiger partial charge on any atom is 0.328 e. The van der Waals surface area contributed by atoms with Crippen molar-refractivity contribution in [1.82, 2.24) is 15.3 Å². The zero-order valence-corrected chi connectivity index (χ0v) is 21.0. The number of amides is 1.